The Morgan fingerprint density at radius 1 is 0.564 bits per heavy atom. The maximum atomic E-state index is 15.3. The van der Waals surface area contributed by atoms with Crippen LogP contribution in [0.5, 0.6) is 5.75 Å². The Labute approximate surface area is 214 Å². The number of hydrogen-bond acceptors (Lipinski definition) is 2. The molecule has 0 amide bonds. The Morgan fingerprint density at radius 2 is 1.23 bits per heavy atom. The fourth-order valence-corrected chi connectivity index (χ4v) is 4.92. The van der Waals surface area contributed by atoms with Gasteiger partial charge in [-0.1, -0.05) is 36.4 Å². The summed E-state index contributed by atoms with van der Waals surface area (Å²) in [5, 5.41) is 8.25. The normalized spacial score (nSPS) is 11.7. The van der Waals surface area contributed by atoms with E-state index in [1.807, 2.05) is 0 Å². The highest BCUT2D eigenvalue weighted by atomic mass is 19.2. The average molecular weight is 542 g/mol. The smallest absolute Gasteiger partial charge is 0.530 e. The molecule has 0 unspecified atom stereocenters. The molecular weight excluding hydrogens is 531 g/mol. The number of rotatable bonds is 4. The summed E-state index contributed by atoms with van der Waals surface area (Å²) < 4.78 is 122. The van der Waals surface area contributed by atoms with Gasteiger partial charge in [0.2, 0.25) is 0 Å². The van der Waals surface area contributed by atoms with Crippen molar-refractivity contribution in [3.63, 3.8) is 0 Å². The Morgan fingerprint density at radius 3 is 2.00 bits per heavy atom. The van der Waals surface area contributed by atoms with Gasteiger partial charge in [-0.25, -0.2) is 30.7 Å². The number of benzene rings is 6. The van der Waals surface area contributed by atoms with Crippen LogP contribution in [0.1, 0.15) is 0 Å². The number of halogens is 8. The van der Waals surface area contributed by atoms with E-state index in [1.165, 1.54) is 42.5 Å². The predicted molar refractivity (Wildman–Crippen MR) is 130 cm³/mol. The topological polar surface area (TPSA) is 29.5 Å². The van der Waals surface area contributed by atoms with Gasteiger partial charge in [0.15, 0.2) is 34.9 Å². The van der Waals surface area contributed by atoms with E-state index >= 15 is 8.78 Å². The molecule has 11 heteroatoms. The summed E-state index contributed by atoms with van der Waals surface area (Å²) in [6.45, 7) is 0. The highest BCUT2D eigenvalue weighted by Gasteiger charge is 2.32. The molecule has 0 aliphatic heterocycles. The van der Waals surface area contributed by atoms with Crippen LogP contribution < -0.4 is 10.1 Å². The van der Waals surface area contributed by atoms with Gasteiger partial charge in [0, 0.05) is 33.3 Å². The summed E-state index contributed by atoms with van der Waals surface area (Å²) in [6, 6.07) is 10.8. The highest BCUT2D eigenvalue weighted by Crippen LogP contribution is 2.45. The van der Waals surface area contributed by atoms with Gasteiger partial charge in [0.05, 0.1) is 10.8 Å². The van der Waals surface area contributed by atoms with Gasteiger partial charge in [0.25, 0.3) is 0 Å². The summed E-state index contributed by atoms with van der Waals surface area (Å²) in [5.74, 6) is -13.3. The van der Waals surface area contributed by atoms with E-state index in [9.17, 15) is 31.4 Å². The van der Waals surface area contributed by atoms with Gasteiger partial charge < -0.3 is 9.68 Å². The van der Waals surface area contributed by atoms with Crippen molar-refractivity contribution >= 4 is 44.9 Å². The van der Waals surface area contributed by atoms with Gasteiger partial charge in [-0.05, 0) is 29.1 Å². The van der Waals surface area contributed by atoms with Crippen LogP contribution in [0.4, 0.5) is 35.1 Å². The van der Waals surface area contributed by atoms with Crippen molar-refractivity contribution in [2.24, 2.45) is 0 Å². The lowest BCUT2D eigenvalue weighted by Crippen LogP contribution is -2.38. The van der Waals surface area contributed by atoms with Gasteiger partial charge >= 0.3 is 7.12 Å². The average Bonchev–Trinajstić information content (AvgIpc) is 2.92. The Kier molecular flexibility index (Phi) is 5.65. The van der Waals surface area contributed by atoms with Crippen molar-refractivity contribution in [3.8, 4) is 16.9 Å². The Bertz CT molecular complexity index is 1960. The lowest BCUT2D eigenvalue weighted by Gasteiger charge is -2.20. The minimum atomic E-state index is -2.17. The monoisotopic (exact) mass is 542 g/mol. The second-order valence-corrected chi connectivity index (χ2v) is 8.78. The molecule has 6 aromatic carbocycles. The standard InChI is InChI=1S/C28H11BF8O2/c30-12-9-15(23(33)18(32)10-12)13-3-1-2-4-16(13)29(38)39-28-14-7-5-11-6-8-17(31)21-19(11)20(14)22(25(35)24(21)34)26(36)27(28)37/h1-10,38H. The molecule has 0 radical (unpaired) electrons. The van der Waals surface area contributed by atoms with Gasteiger partial charge in [-0.2, -0.15) is 4.39 Å². The minimum absolute atomic E-state index is 0.189. The molecule has 0 bridgehead atoms. The molecule has 194 valence electrons. The van der Waals surface area contributed by atoms with Gasteiger partial charge in [-0.15, -0.1) is 0 Å². The first-order chi connectivity index (χ1) is 18.6. The lowest BCUT2D eigenvalue weighted by molar-refractivity contribution is 0.404. The summed E-state index contributed by atoms with van der Waals surface area (Å²) in [4.78, 5) is 0. The van der Waals surface area contributed by atoms with Crippen LogP contribution in [0.25, 0.3) is 43.4 Å². The first kappa shape index (κ1) is 24.9. The summed E-state index contributed by atoms with van der Waals surface area (Å²) in [5.41, 5.74) is -1.09. The van der Waals surface area contributed by atoms with Crippen LogP contribution >= 0.6 is 0 Å². The third kappa shape index (κ3) is 3.60. The van der Waals surface area contributed by atoms with E-state index in [0.717, 1.165) is 6.07 Å². The molecule has 0 aromatic heterocycles. The summed E-state index contributed by atoms with van der Waals surface area (Å²) in [7, 11) is -2.17. The second kappa shape index (κ2) is 8.84. The molecule has 0 aliphatic rings. The largest absolute Gasteiger partial charge is 0.560 e. The first-order valence-electron chi connectivity index (χ1n) is 11.3. The highest BCUT2D eigenvalue weighted by molar-refractivity contribution is 6.62. The van der Waals surface area contributed by atoms with Crippen molar-refractivity contribution < 1.29 is 44.8 Å². The molecule has 0 heterocycles. The fourth-order valence-electron chi connectivity index (χ4n) is 4.92. The molecule has 2 nitrogen and oxygen atoms in total. The Hall–Kier alpha value is -4.38. The van der Waals surface area contributed by atoms with Crippen molar-refractivity contribution in [3.05, 3.63) is 107 Å². The zero-order valence-electron chi connectivity index (χ0n) is 19.2. The van der Waals surface area contributed by atoms with E-state index in [0.29, 0.717) is 12.1 Å². The summed E-state index contributed by atoms with van der Waals surface area (Å²) in [6.07, 6.45) is 0. The van der Waals surface area contributed by atoms with E-state index in [-0.39, 0.29) is 27.2 Å². The van der Waals surface area contributed by atoms with Crippen LogP contribution in [-0.4, -0.2) is 12.1 Å². The van der Waals surface area contributed by atoms with Crippen LogP contribution in [0, 0.1) is 46.5 Å². The lowest BCUT2D eigenvalue weighted by atomic mass is 9.74. The molecule has 1 N–H and O–H groups in total. The van der Waals surface area contributed by atoms with Crippen molar-refractivity contribution in [1.82, 2.24) is 0 Å². The molecule has 0 atom stereocenters. The molecule has 0 fully saturated rings. The molecule has 0 saturated heterocycles. The quantitative estimate of drug-likeness (QED) is 0.111. The van der Waals surface area contributed by atoms with E-state index in [4.69, 9.17) is 4.65 Å². The fraction of sp³-hybridized carbons (Fsp3) is 0. The second-order valence-electron chi connectivity index (χ2n) is 8.78. The summed E-state index contributed by atoms with van der Waals surface area (Å²) >= 11 is 0. The van der Waals surface area contributed by atoms with Gasteiger partial charge in [-0.3, -0.25) is 0 Å². The van der Waals surface area contributed by atoms with Gasteiger partial charge in [0.1, 0.15) is 17.4 Å². The molecule has 0 saturated carbocycles. The van der Waals surface area contributed by atoms with Crippen LogP contribution in [0.3, 0.4) is 0 Å². The molecule has 6 aromatic rings. The molecule has 39 heavy (non-hydrogen) atoms. The first-order valence-corrected chi connectivity index (χ1v) is 11.3. The minimum Gasteiger partial charge on any atom is -0.530 e. The van der Waals surface area contributed by atoms with Crippen molar-refractivity contribution in [2.75, 3.05) is 0 Å². The zero-order valence-corrected chi connectivity index (χ0v) is 19.2. The van der Waals surface area contributed by atoms with Crippen LogP contribution in [-0.2, 0) is 0 Å². The van der Waals surface area contributed by atoms with Crippen molar-refractivity contribution in [2.45, 2.75) is 0 Å². The van der Waals surface area contributed by atoms with Crippen LogP contribution in [0.15, 0.2) is 60.7 Å². The SMILES string of the molecule is OB(Oc1c(F)c(F)c2c(F)c(F)c3c(F)ccc4ccc1c2c43)c1ccccc1-c1cc(F)cc(F)c1F. The predicted octanol–water partition coefficient (Wildman–Crippen LogP) is 7.13. The maximum absolute atomic E-state index is 15.3. The zero-order chi connectivity index (χ0) is 27.7. The Balaban J connectivity index is 1.58. The van der Waals surface area contributed by atoms with Crippen LogP contribution in [0.2, 0.25) is 0 Å². The molecule has 0 aliphatic carbocycles. The third-order valence-corrected chi connectivity index (χ3v) is 6.61. The van der Waals surface area contributed by atoms with E-state index in [2.05, 4.69) is 0 Å². The molecule has 0 spiro atoms. The molecule has 6 rings (SSSR count). The molecular formula is C28H11BF8O2. The van der Waals surface area contributed by atoms with Crippen molar-refractivity contribution in [1.29, 1.82) is 0 Å². The number of hydrogen-bond donors (Lipinski definition) is 1. The maximum Gasteiger partial charge on any atom is 0.560 e. The third-order valence-electron chi connectivity index (χ3n) is 6.61. The van der Waals surface area contributed by atoms with E-state index in [1.54, 1.807) is 0 Å². The van der Waals surface area contributed by atoms with E-state index < -0.39 is 81.1 Å².